The summed E-state index contributed by atoms with van der Waals surface area (Å²) in [6, 6.07) is 7.48. The maximum atomic E-state index is 10.5. The van der Waals surface area contributed by atoms with E-state index in [0.717, 1.165) is 10.6 Å². The van der Waals surface area contributed by atoms with E-state index in [0.29, 0.717) is 5.75 Å². The lowest BCUT2D eigenvalue weighted by Gasteiger charge is -2.03. The summed E-state index contributed by atoms with van der Waals surface area (Å²) in [6.07, 6.45) is 0. The fourth-order valence-electron chi connectivity index (χ4n) is 0.923. The number of thioether (sulfide) groups is 1. The molecule has 0 aliphatic rings. The van der Waals surface area contributed by atoms with Crippen LogP contribution in [0, 0.1) is 0 Å². The third kappa shape index (κ3) is 3.67. The van der Waals surface area contributed by atoms with Crippen LogP contribution in [-0.4, -0.2) is 23.9 Å². The molecule has 0 aromatic heterocycles. The quantitative estimate of drug-likeness (QED) is 0.616. The van der Waals surface area contributed by atoms with Gasteiger partial charge >= 0.3 is 5.97 Å². The monoisotopic (exact) mass is 224 g/mol. The van der Waals surface area contributed by atoms with Crippen molar-refractivity contribution in [1.29, 1.82) is 0 Å². The normalized spacial score (nSPS) is 9.67. The minimum atomic E-state index is -0.953. The summed E-state index contributed by atoms with van der Waals surface area (Å²) < 4.78 is 5.06. The van der Waals surface area contributed by atoms with Gasteiger partial charge in [0.15, 0.2) is 0 Å². The van der Waals surface area contributed by atoms with Crippen LogP contribution < -0.4 is 4.74 Å². The summed E-state index contributed by atoms with van der Waals surface area (Å²) in [6.45, 7) is 3.46. The van der Waals surface area contributed by atoms with Crippen molar-refractivity contribution in [2.45, 2.75) is 4.90 Å². The molecule has 0 saturated carbocycles. The van der Waals surface area contributed by atoms with Crippen LogP contribution in [0.4, 0.5) is 0 Å². The average Bonchev–Trinajstić information content (AvgIpc) is 2.26. The van der Waals surface area contributed by atoms with E-state index in [4.69, 9.17) is 9.84 Å². The van der Waals surface area contributed by atoms with E-state index in [1.54, 1.807) is 7.11 Å². The van der Waals surface area contributed by atoms with Crippen LogP contribution >= 0.6 is 11.8 Å². The van der Waals surface area contributed by atoms with Crippen molar-refractivity contribution in [3.8, 4) is 5.75 Å². The van der Waals surface area contributed by atoms with Crippen molar-refractivity contribution in [3.63, 3.8) is 0 Å². The molecule has 0 aliphatic carbocycles. The predicted molar refractivity (Wildman–Crippen MR) is 60.5 cm³/mol. The van der Waals surface area contributed by atoms with Crippen LogP contribution in [-0.2, 0) is 4.79 Å². The molecule has 1 aromatic rings. The zero-order valence-corrected chi connectivity index (χ0v) is 9.21. The molecule has 4 heteroatoms. The Labute approximate surface area is 92.8 Å². The molecular weight excluding hydrogens is 212 g/mol. The molecular formula is C11H12O3S. The van der Waals surface area contributed by atoms with Gasteiger partial charge in [-0.1, -0.05) is 12.6 Å². The third-order valence-electron chi connectivity index (χ3n) is 1.76. The van der Waals surface area contributed by atoms with Crippen molar-refractivity contribution in [3.05, 3.63) is 36.4 Å². The third-order valence-corrected chi connectivity index (χ3v) is 2.84. The molecule has 0 aliphatic heterocycles. The molecule has 0 fully saturated rings. The van der Waals surface area contributed by atoms with Gasteiger partial charge in [0.25, 0.3) is 0 Å². The van der Waals surface area contributed by atoms with Crippen LogP contribution in [0.1, 0.15) is 0 Å². The number of benzene rings is 1. The summed E-state index contributed by atoms with van der Waals surface area (Å²) >= 11 is 1.43. The zero-order valence-electron chi connectivity index (χ0n) is 8.40. The molecule has 0 saturated heterocycles. The summed E-state index contributed by atoms with van der Waals surface area (Å²) in [7, 11) is 1.60. The summed E-state index contributed by atoms with van der Waals surface area (Å²) in [5, 5.41) is 8.62. The minimum Gasteiger partial charge on any atom is -0.497 e. The van der Waals surface area contributed by atoms with E-state index in [2.05, 4.69) is 6.58 Å². The molecule has 0 unspecified atom stereocenters. The van der Waals surface area contributed by atoms with E-state index >= 15 is 0 Å². The highest BCUT2D eigenvalue weighted by Crippen LogP contribution is 2.24. The molecule has 80 valence electrons. The highest BCUT2D eigenvalue weighted by atomic mass is 32.2. The van der Waals surface area contributed by atoms with Crippen LogP contribution in [0.2, 0.25) is 0 Å². The number of ether oxygens (including phenoxy) is 1. The number of carbonyl (C=O) groups is 1. The number of carboxylic acids is 1. The van der Waals surface area contributed by atoms with E-state index in [-0.39, 0.29) is 5.57 Å². The second-order valence-corrected chi connectivity index (χ2v) is 3.93. The Morgan fingerprint density at radius 2 is 2.33 bits per heavy atom. The minimum absolute atomic E-state index is 0.197. The van der Waals surface area contributed by atoms with Gasteiger partial charge in [0.1, 0.15) is 5.75 Å². The Morgan fingerprint density at radius 3 is 2.93 bits per heavy atom. The molecule has 0 bridgehead atoms. The zero-order chi connectivity index (χ0) is 11.3. The highest BCUT2D eigenvalue weighted by molar-refractivity contribution is 7.99. The SMILES string of the molecule is C=C(CSc1cccc(OC)c1)C(=O)O. The van der Waals surface area contributed by atoms with Gasteiger partial charge in [-0.3, -0.25) is 0 Å². The molecule has 0 spiro atoms. The number of aliphatic carboxylic acids is 1. The van der Waals surface area contributed by atoms with E-state index < -0.39 is 5.97 Å². The summed E-state index contributed by atoms with van der Waals surface area (Å²) in [4.78, 5) is 11.5. The number of methoxy groups -OCH3 is 1. The largest absolute Gasteiger partial charge is 0.497 e. The first-order chi connectivity index (χ1) is 7.13. The van der Waals surface area contributed by atoms with Crippen LogP contribution in [0.5, 0.6) is 5.75 Å². The van der Waals surface area contributed by atoms with Crippen molar-refractivity contribution >= 4 is 17.7 Å². The molecule has 0 heterocycles. The Bertz CT molecular complexity index is 374. The average molecular weight is 224 g/mol. The Morgan fingerprint density at radius 1 is 1.60 bits per heavy atom. The first-order valence-corrected chi connectivity index (χ1v) is 5.30. The molecule has 1 rings (SSSR count). The maximum absolute atomic E-state index is 10.5. The second kappa shape index (κ2) is 5.46. The fourth-order valence-corrected chi connectivity index (χ4v) is 1.76. The Kier molecular flexibility index (Phi) is 4.24. The molecule has 0 amide bonds. The first-order valence-electron chi connectivity index (χ1n) is 4.31. The van der Waals surface area contributed by atoms with Gasteiger partial charge in [-0.25, -0.2) is 4.79 Å². The first kappa shape index (κ1) is 11.7. The molecule has 15 heavy (non-hydrogen) atoms. The van der Waals surface area contributed by atoms with E-state index in [1.807, 2.05) is 24.3 Å². The molecule has 3 nitrogen and oxygen atoms in total. The molecule has 0 atom stereocenters. The van der Waals surface area contributed by atoms with E-state index in [9.17, 15) is 4.79 Å². The number of rotatable bonds is 5. The van der Waals surface area contributed by atoms with Gasteiger partial charge in [0, 0.05) is 16.2 Å². The molecule has 0 radical (unpaired) electrons. The number of hydrogen-bond donors (Lipinski definition) is 1. The van der Waals surface area contributed by atoms with Crippen molar-refractivity contribution in [2.75, 3.05) is 12.9 Å². The van der Waals surface area contributed by atoms with Gasteiger partial charge < -0.3 is 9.84 Å². The summed E-state index contributed by atoms with van der Waals surface area (Å²) in [5.41, 5.74) is 0.197. The van der Waals surface area contributed by atoms with Gasteiger partial charge in [0.05, 0.1) is 7.11 Å². The van der Waals surface area contributed by atoms with Gasteiger partial charge in [-0.15, -0.1) is 11.8 Å². The Balaban J connectivity index is 2.57. The molecule has 1 N–H and O–H groups in total. The highest BCUT2D eigenvalue weighted by Gasteiger charge is 2.04. The van der Waals surface area contributed by atoms with E-state index in [1.165, 1.54) is 11.8 Å². The lowest BCUT2D eigenvalue weighted by Crippen LogP contribution is -2.00. The lowest BCUT2D eigenvalue weighted by atomic mass is 10.3. The van der Waals surface area contributed by atoms with Gasteiger partial charge in [0.2, 0.25) is 0 Å². The number of carboxylic acid groups (broad SMARTS) is 1. The fraction of sp³-hybridized carbons (Fsp3) is 0.182. The van der Waals surface area contributed by atoms with Gasteiger partial charge in [-0.2, -0.15) is 0 Å². The number of hydrogen-bond acceptors (Lipinski definition) is 3. The van der Waals surface area contributed by atoms with Crippen molar-refractivity contribution in [2.24, 2.45) is 0 Å². The van der Waals surface area contributed by atoms with Crippen LogP contribution in [0.25, 0.3) is 0 Å². The van der Waals surface area contributed by atoms with Crippen molar-refractivity contribution in [1.82, 2.24) is 0 Å². The standard InChI is InChI=1S/C11H12O3S/c1-8(11(12)13)7-15-10-5-3-4-9(6-10)14-2/h3-6H,1,7H2,2H3,(H,12,13). The molecule has 1 aromatic carbocycles. The van der Waals surface area contributed by atoms with Crippen molar-refractivity contribution < 1.29 is 14.6 Å². The Hall–Kier alpha value is -1.42. The van der Waals surface area contributed by atoms with Gasteiger partial charge in [-0.05, 0) is 18.2 Å². The predicted octanol–water partition coefficient (Wildman–Crippen LogP) is 2.43. The lowest BCUT2D eigenvalue weighted by molar-refractivity contribution is -0.132. The van der Waals surface area contributed by atoms with Crippen LogP contribution in [0.15, 0.2) is 41.3 Å². The second-order valence-electron chi connectivity index (χ2n) is 2.88. The topological polar surface area (TPSA) is 46.5 Å². The smallest absolute Gasteiger partial charge is 0.331 e. The van der Waals surface area contributed by atoms with Crippen LogP contribution in [0.3, 0.4) is 0 Å². The maximum Gasteiger partial charge on any atom is 0.331 e. The summed E-state index contributed by atoms with van der Waals surface area (Å²) in [5.74, 6) is 0.189.